The molecule has 0 aromatic heterocycles. The summed E-state index contributed by atoms with van der Waals surface area (Å²) >= 11 is 1.66. The molecule has 0 aliphatic heterocycles. The molecule has 1 rings (SSSR count). The second-order valence-electron chi connectivity index (χ2n) is 3.80. The predicted molar refractivity (Wildman–Crippen MR) is 71.2 cm³/mol. The van der Waals surface area contributed by atoms with Crippen molar-refractivity contribution in [2.75, 3.05) is 18.6 Å². The van der Waals surface area contributed by atoms with Gasteiger partial charge >= 0.3 is 0 Å². The van der Waals surface area contributed by atoms with E-state index in [2.05, 4.69) is 0 Å². The van der Waals surface area contributed by atoms with Gasteiger partial charge in [0, 0.05) is 7.11 Å². The third kappa shape index (κ3) is 2.70. The van der Waals surface area contributed by atoms with Gasteiger partial charge in [0.1, 0.15) is 5.75 Å². The lowest BCUT2D eigenvalue weighted by Gasteiger charge is -2.35. The van der Waals surface area contributed by atoms with Gasteiger partial charge in [-0.1, -0.05) is 34.7 Å². The molecule has 0 aliphatic rings. The van der Waals surface area contributed by atoms with Crippen LogP contribution in [-0.4, -0.2) is 24.6 Å². The van der Waals surface area contributed by atoms with E-state index in [0.717, 1.165) is 0 Å². The molecular formula is C12H15F2IO2. The Labute approximate surface area is 113 Å². The maximum absolute atomic E-state index is 13.9. The van der Waals surface area contributed by atoms with Gasteiger partial charge in [-0.25, -0.2) is 8.78 Å². The van der Waals surface area contributed by atoms with Gasteiger partial charge in [0.05, 0.1) is 11.5 Å². The molecule has 0 bridgehead atoms. The average molecular weight is 356 g/mol. The third-order valence-corrected chi connectivity index (χ3v) is 3.87. The van der Waals surface area contributed by atoms with Gasteiger partial charge in [-0.15, -0.1) is 0 Å². The highest BCUT2D eigenvalue weighted by Gasteiger charge is 2.51. The van der Waals surface area contributed by atoms with Crippen LogP contribution in [0.2, 0.25) is 0 Å². The summed E-state index contributed by atoms with van der Waals surface area (Å²) in [5.74, 6) is -2.30. The van der Waals surface area contributed by atoms with Crippen LogP contribution in [0.1, 0.15) is 12.5 Å². The summed E-state index contributed by atoms with van der Waals surface area (Å²) < 4.78 is 37.6. The first-order valence-electron chi connectivity index (χ1n) is 5.04. The molecule has 1 aromatic carbocycles. The van der Waals surface area contributed by atoms with Crippen molar-refractivity contribution in [1.29, 1.82) is 0 Å². The number of rotatable bonds is 5. The van der Waals surface area contributed by atoms with Gasteiger partial charge in [0.15, 0.2) is 5.60 Å². The Balaban J connectivity index is 3.16. The Kier molecular flexibility index (Phi) is 4.71. The molecule has 0 aliphatic carbocycles. The first-order valence-corrected chi connectivity index (χ1v) is 6.57. The lowest BCUT2D eigenvalue weighted by molar-refractivity contribution is -0.178. The van der Waals surface area contributed by atoms with E-state index < -0.39 is 11.5 Å². The average Bonchev–Trinajstić information content (AvgIpc) is 2.37. The number of ether oxygens (including phenoxy) is 2. The van der Waals surface area contributed by atoms with Crippen molar-refractivity contribution in [3.05, 3.63) is 29.8 Å². The molecule has 0 amide bonds. The summed E-state index contributed by atoms with van der Waals surface area (Å²) in [5, 5.41) is 0. The molecule has 0 heterocycles. The smallest absolute Gasteiger partial charge is 0.289 e. The van der Waals surface area contributed by atoms with Crippen molar-refractivity contribution in [3.8, 4) is 5.75 Å². The van der Waals surface area contributed by atoms with E-state index in [9.17, 15) is 8.78 Å². The van der Waals surface area contributed by atoms with Gasteiger partial charge in [0.25, 0.3) is 5.92 Å². The molecule has 0 saturated heterocycles. The van der Waals surface area contributed by atoms with Crippen LogP contribution in [0.25, 0.3) is 0 Å². The van der Waals surface area contributed by atoms with Crippen LogP contribution < -0.4 is 4.74 Å². The highest BCUT2D eigenvalue weighted by Crippen LogP contribution is 2.41. The fourth-order valence-electron chi connectivity index (χ4n) is 1.51. The zero-order valence-electron chi connectivity index (χ0n) is 9.97. The SMILES string of the molecule is COc1ccc(C(C)(OC)C(F)(F)CI)cc1. The van der Waals surface area contributed by atoms with Crippen LogP contribution in [0.4, 0.5) is 8.78 Å². The van der Waals surface area contributed by atoms with Gasteiger partial charge in [-0.3, -0.25) is 0 Å². The second-order valence-corrected chi connectivity index (χ2v) is 4.57. The predicted octanol–water partition coefficient (Wildman–Crippen LogP) is 3.63. The Morgan fingerprint density at radius 3 is 2.06 bits per heavy atom. The lowest BCUT2D eigenvalue weighted by atomic mass is 9.90. The fraction of sp³-hybridized carbons (Fsp3) is 0.500. The minimum Gasteiger partial charge on any atom is -0.497 e. The van der Waals surface area contributed by atoms with E-state index in [4.69, 9.17) is 9.47 Å². The number of hydrogen-bond acceptors (Lipinski definition) is 2. The summed E-state index contributed by atoms with van der Waals surface area (Å²) in [5.41, 5.74) is -1.19. The molecule has 1 aromatic rings. The Morgan fingerprint density at radius 2 is 1.71 bits per heavy atom. The summed E-state index contributed by atoms with van der Waals surface area (Å²) in [4.78, 5) is 0. The maximum atomic E-state index is 13.9. The molecule has 17 heavy (non-hydrogen) atoms. The quantitative estimate of drug-likeness (QED) is 0.593. The molecule has 0 saturated carbocycles. The van der Waals surface area contributed by atoms with Crippen LogP contribution in [0, 0.1) is 0 Å². The van der Waals surface area contributed by atoms with E-state index >= 15 is 0 Å². The molecule has 0 fully saturated rings. The van der Waals surface area contributed by atoms with Crippen molar-refractivity contribution in [1.82, 2.24) is 0 Å². The molecule has 0 spiro atoms. The van der Waals surface area contributed by atoms with Gasteiger partial charge < -0.3 is 9.47 Å². The Bertz CT molecular complexity index is 367. The van der Waals surface area contributed by atoms with E-state index in [1.54, 1.807) is 46.9 Å². The standard InChI is InChI=1S/C12H15F2IO2/c1-11(17-3,12(13,14)8-15)9-4-6-10(16-2)7-5-9/h4-7H,8H2,1-3H3. The molecule has 0 radical (unpaired) electrons. The van der Waals surface area contributed by atoms with Gasteiger partial charge in [-0.2, -0.15) is 0 Å². The minimum atomic E-state index is -2.93. The van der Waals surface area contributed by atoms with E-state index in [-0.39, 0.29) is 4.43 Å². The van der Waals surface area contributed by atoms with Crippen molar-refractivity contribution >= 4 is 22.6 Å². The van der Waals surface area contributed by atoms with Gasteiger partial charge in [0.2, 0.25) is 0 Å². The van der Waals surface area contributed by atoms with Crippen molar-refractivity contribution in [2.24, 2.45) is 0 Å². The molecule has 2 nitrogen and oxygen atoms in total. The first-order chi connectivity index (χ1) is 7.91. The third-order valence-electron chi connectivity index (χ3n) is 2.91. The molecule has 5 heteroatoms. The zero-order chi connectivity index (χ0) is 13.1. The summed E-state index contributed by atoms with van der Waals surface area (Å²) in [6.07, 6.45) is 0. The minimum absolute atomic E-state index is 0.304. The molecule has 1 atom stereocenters. The number of hydrogen-bond donors (Lipinski definition) is 0. The molecule has 96 valence electrons. The van der Waals surface area contributed by atoms with Crippen molar-refractivity contribution in [2.45, 2.75) is 18.4 Å². The van der Waals surface area contributed by atoms with Crippen LogP contribution in [0.5, 0.6) is 5.75 Å². The van der Waals surface area contributed by atoms with Crippen LogP contribution in [-0.2, 0) is 10.3 Å². The monoisotopic (exact) mass is 356 g/mol. The van der Waals surface area contributed by atoms with Crippen LogP contribution in [0.15, 0.2) is 24.3 Å². The summed E-state index contributed by atoms with van der Waals surface area (Å²) in [6, 6.07) is 6.50. The fourth-order valence-corrected chi connectivity index (χ4v) is 2.24. The number of alkyl halides is 3. The number of methoxy groups -OCH3 is 2. The lowest BCUT2D eigenvalue weighted by Crippen LogP contribution is -2.45. The van der Waals surface area contributed by atoms with Crippen LogP contribution in [0.3, 0.4) is 0 Å². The van der Waals surface area contributed by atoms with Crippen molar-refractivity contribution < 1.29 is 18.3 Å². The Morgan fingerprint density at radius 1 is 1.18 bits per heavy atom. The normalized spacial score (nSPS) is 15.4. The second kappa shape index (κ2) is 5.48. The van der Waals surface area contributed by atoms with E-state index in [0.29, 0.717) is 11.3 Å². The Hall–Kier alpha value is -0.430. The highest BCUT2D eigenvalue weighted by atomic mass is 127. The number of halogens is 3. The maximum Gasteiger partial charge on any atom is 0.289 e. The van der Waals surface area contributed by atoms with Crippen molar-refractivity contribution in [3.63, 3.8) is 0 Å². The summed E-state index contributed by atoms with van der Waals surface area (Å²) in [6.45, 7) is 1.40. The summed E-state index contributed by atoms with van der Waals surface area (Å²) in [7, 11) is 2.83. The van der Waals surface area contributed by atoms with Crippen LogP contribution >= 0.6 is 22.6 Å². The largest absolute Gasteiger partial charge is 0.497 e. The van der Waals surface area contributed by atoms with E-state index in [1.165, 1.54) is 21.1 Å². The topological polar surface area (TPSA) is 18.5 Å². The van der Waals surface area contributed by atoms with Gasteiger partial charge in [-0.05, 0) is 24.6 Å². The highest BCUT2D eigenvalue weighted by molar-refractivity contribution is 14.1. The molecule has 0 N–H and O–H groups in total. The zero-order valence-corrected chi connectivity index (χ0v) is 12.1. The number of benzene rings is 1. The molecule has 1 unspecified atom stereocenters. The molecular weight excluding hydrogens is 341 g/mol. The first kappa shape index (κ1) is 14.6. The van der Waals surface area contributed by atoms with E-state index in [1.807, 2.05) is 0 Å².